The molecule has 16 heavy (non-hydrogen) atoms. The number of hydrogen-bond acceptors (Lipinski definition) is 3. The molecule has 3 nitrogen and oxygen atoms in total. The van der Waals surface area contributed by atoms with Gasteiger partial charge >= 0.3 is 0 Å². The van der Waals surface area contributed by atoms with Gasteiger partial charge in [0, 0.05) is 18.2 Å². The molecule has 0 spiro atoms. The molecule has 82 valence electrons. The van der Waals surface area contributed by atoms with Crippen LogP contribution in [-0.4, -0.2) is 9.97 Å². The van der Waals surface area contributed by atoms with Gasteiger partial charge in [0.15, 0.2) is 4.77 Å². The van der Waals surface area contributed by atoms with Crippen LogP contribution in [0.2, 0.25) is 0 Å². The highest BCUT2D eigenvalue weighted by Gasteiger charge is 2.01. The molecular weight excluding hydrogens is 225 g/mol. The number of nitrogen functional groups attached to an aromatic ring is 1. The minimum atomic E-state index is -0.248. The van der Waals surface area contributed by atoms with Gasteiger partial charge in [0.2, 0.25) is 0 Å². The first-order valence-electron chi connectivity index (χ1n) is 4.73. The summed E-state index contributed by atoms with van der Waals surface area (Å²) in [4.78, 5) is 6.74. The average molecular weight is 235 g/mol. The molecule has 0 amide bonds. The largest absolute Gasteiger partial charge is 0.385 e. The van der Waals surface area contributed by atoms with Crippen LogP contribution in [0.3, 0.4) is 0 Å². The number of hydrogen-bond donors (Lipinski definition) is 2. The molecule has 0 unspecified atom stereocenters. The fourth-order valence-electron chi connectivity index (χ4n) is 1.40. The van der Waals surface area contributed by atoms with E-state index in [-0.39, 0.29) is 5.82 Å². The van der Waals surface area contributed by atoms with E-state index in [0.717, 1.165) is 11.1 Å². The SMILES string of the molecule is Nc1[nH]c(=S)ncc1Cc1ccc(F)cc1. The van der Waals surface area contributed by atoms with Crippen molar-refractivity contribution in [2.75, 3.05) is 5.73 Å². The van der Waals surface area contributed by atoms with Gasteiger partial charge in [0.1, 0.15) is 11.6 Å². The Labute approximate surface area is 97.2 Å². The summed E-state index contributed by atoms with van der Waals surface area (Å²) in [6.07, 6.45) is 2.24. The molecule has 1 heterocycles. The monoisotopic (exact) mass is 235 g/mol. The lowest BCUT2D eigenvalue weighted by atomic mass is 10.1. The summed E-state index contributed by atoms with van der Waals surface area (Å²) in [6.45, 7) is 0. The Kier molecular flexibility index (Phi) is 2.96. The normalized spacial score (nSPS) is 10.3. The molecule has 0 atom stereocenters. The number of anilines is 1. The summed E-state index contributed by atoms with van der Waals surface area (Å²) in [6, 6.07) is 6.28. The Balaban J connectivity index is 2.27. The average Bonchev–Trinajstić information content (AvgIpc) is 2.25. The molecule has 1 aromatic heterocycles. The fourth-order valence-corrected chi connectivity index (χ4v) is 1.56. The number of H-pyrrole nitrogens is 1. The quantitative estimate of drug-likeness (QED) is 0.786. The molecule has 0 saturated heterocycles. The van der Waals surface area contributed by atoms with Crippen molar-refractivity contribution in [2.45, 2.75) is 6.42 Å². The molecule has 0 aliphatic heterocycles. The molecule has 2 rings (SSSR count). The zero-order valence-corrected chi connectivity index (χ0v) is 9.22. The second-order valence-electron chi connectivity index (χ2n) is 3.43. The number of nitrogens with two attached hydrogens (primary N) is 1. The zero-order valence-electron chi connectivity index (χ0n) is 8.40. The molecule has 0 aliphatic carbocycles. The third-order valence-corrected chi connectivity index (χ3v) is 2.44. The molecule has 3 N–H and O–H groups in total. The summed E-state index contributed by atoms with van der Waals surface area (Å²) < 4.78 is 13.1. The van der Waals surface area contributed by atoms with E-state index in [0.29, 0.717) is 17.0 Å². The van der Waals surface area contributed by atoms with Gasteiger partial charge in [-0.15, -0.1) is 0 Å². The van der Waals surface area contributed by atoms with E-state index >= 15 is 0 Å². The first kappa shape index (κ1) is 10.8. The zero-order chi connectivity index (χ0) is 11.5. The third-order valence-electron chi connectivity index (χ3n) is 2.23. The molecule has 0 radical (unpaired) electrons. The van der Waals surface area contributed by atoms with Crippen LogP contribution >= 0.6 is 12.2 Å². The second kappa shape index (κ2) is 4.40. The highest BCUT2D eigenvalue weighted by Crippen LogP contribution is 2.13. The number of halogens is 1. The van der Waals surface area contributed by atoms with Crippen LogP contribution in [0, 0.1) is 10.6 Å². The van der Waals surface area contributed by atoms with E-state index in [1.54, 1.807) is 18.3 Å². The van der Waals surface area contributed by atoms with Gasteiger partial charge < -0.3 is 10.7 Å². The van der Waals surface area contributed by atoms with Crippen molar-refractivity contribution in [1.82, 2.24) is 9.97 Å². The molecule has 2 aromatic rings. The van der Waals surface area contributed by atoms with E-state index in [2.05, 4.69) is 9.97 Å². The maximum Gasteiger partial charge on any atom is 0.198 e. The number of nitrogens with zero attached hydrogens (tertiary/aromatic N) is 1. The van der Waals surface area contributed by atoms with E-state index in [4.69, 9.17) is 18.0 Å². The first-order valence-corrected chi connectivity index (χ1v) is 5.14. The topological polar surface area (TPSA) is 54.7 Å². The van der Waals surface area contributed by atoms with Crippen LogP contribution in [0.5, 0.6) is 0 Å². The maximum absolute atomic E-state index is 12.7. The van der Waals surface area contributed by atoms with Gasteiger partial charge in [0.05, 0.1) is 0 Å². The lowest BCUT2D eigenvalue weighted by molar-refractivity contribution is 0.627. The molecule has 0 aliphatic rings. The van der Waals surface area contributed by atoms with Gasteiger partial charge in [-0.3, -0.25) is 0 Å². The number of benzene rings is 1. The Morgan fingerprint density at radius 3 is 2.62 bits per heavy atom. The van der Waals surface area contributed by atoms with Gasteiger partial charge in [0.25, 0.3) is 0 Å². The summed E-state index contributed by atoms with van der Waals surface area (Å²) in [5, 5.41) is 0. The van der Waals surface area contributed by atoms with Crippen LogP contribution in [-0.2, 0) is 6.42 Å². The Bertz CT molecular complexity index is 548. The third kappa shape index (κ3) is 2.43. The standard InChI is InChI=1S/C11H10FN3S/c12-9-3-1-7(2-4-9)5-8-6-14-11(16)15-10(8)13/h1-4,6H,5H2,(H3,13,14,15,16). The second-order valence-corrected chi connectivity index (χ2v) is 3.82. The summed E-state index contributed by atoms with van der Waals surface area (Å²) >= 11 is 4.84. The minimum Gasteiger partial charge on any atom is -0.385 e. The lowest BCUT2D eigenvalue weighted by Gasteiger charge is -2.04. The predicted octanol–water partition coefficient (Wildman–Crippen LogP) is 2.45. The summed E-state index contributed by atoms with van der Waals surface area (Å²) in [5.74, 6) is 0.256. The van der Waals surface area contributed by atoms with Crippen LogP contribution in [0.25, 0.3) is 0 Å². The summed E-state index contributed by atoms with van der Waals surface area (Å²) in [5.41, 5.74) is 7.58. The van der Waals surface area contributed by atoms with Crippen molar-refractivity contribution in [3.05, 3.63) is 52.2 Å². The van der Waals surface area contributed by atoms with E-state index in [1.165, 1.54) is 12.1 Å². The Morgan fingerprint density at radius 2 is 2.00 bits per heavy atom. The van der Waals surface area contributed by atoms with Crippen molar-refractivity contribution < 1.29 is 4.39 Å². The van der Waals surface area contributed by atoms with E-state index in [1.807, 2.05) is 0 Å². The highest BCUT2D eigenvalue weighted by molar-refractivity contribution is 7.71. The molecule has 5 heteroatoms. The van der Waals surface area contributed by atoms with Crippen LogP contribution in [0.15, 0.2) is 30.5 Å². The van der Waals surface area contributed by atoms with Crippen LogP contribution in [0.1, 0.15) is 11.1 Å². The van der Waals surface area contributed by atoms with E-state index < -0.39 is 0 Å². The number of aromatic amines is 1. The van der Waals surface area contributed by atoms with Gasteiger partial charge in [-0.25, -0.2) is 9.37 Å². The molecule has 0 saturated carbocycles. The molecular formula is C11H10FN3S. The maximum atomic E-state index is 12.7. The Morgan fingerprint density at radius 1 is 1.31 bits per heavy atom. The predicted molar refractivity (Wildman–Crippen MR) is 63.0 cm³/mol. The fraction of sp³-hybridized carbons (Fsp3) is 0.0909. The van der Waals surface area contributed by atoms with Gasteiger partial charge in [-0.1, -0.05) is 12.1 Å². The molecule has 1 aromatic carbocycles. The molecule has 0 fully saturated rings. The van der Waals surface area contributed by atoms with Gasteiger partial charge in [-0.2, -0.15) is 0 Å². The number of aromatic nitrogens is 2. The van der Waals surface area contributed by atoms with E-state index in [9.17, 15) is 4.39 Å². The Hall–Kier alpha value is -1.75. The highest BCUT2D eigenvalue weighted by atomic mass is 32.1. The minimum absolute atomic E-state index is 0.248. The number of nitrogens with one attached hydrogen (secondary N) is 1. The van der Waals surface area contributed by atoms with Crippen LogP contribution in [0.4, 0.5) is 10.2 Å². The van der Waals surface area contributed by atoms with Crippen molar-refractivity contribution in [3.8, 4) is 0 Å². The van der Waals surface area contributed by atoms with Crippen molar-refractivity contribution in [1.29, 1.82) is 0 Å². The molecule has 0 bridgehead atoms. The number of rotatable bonds is 2. The van der Waals surface area contributed by atoms with Crippen molar-refractivity contribution in [2.24, 2.45) is 0 Å². The summed E-state index contributed by atoms with van der Waals surface area (Å²) in [7, 11) is 0. The smallest absolute Gasteiger partial charge is 0.198 e. The van der Waals surface area contributed by atoms with Gasteiger partial charge in [-0.05, 0) is 29.9 Å². The van der Waals surface area contributed by atoms with Crippen LogP contribution < -0.4 is 5.73 Å². The van der Waals surface area contributed by atoms with Crippen molar-refractivity contribution in [3.63, 3.8) is 0 Å². The lowest BCUT2D eigenvalue weighted by Crippen LogP contribution is -2.00. The van der Waals surface area contributed by atoms with Crippen molar-refractivity contribution >= 4 is 18.0 Å². The first-order chi connectivity index (χ1) is 7.65.